The molecular formula is C17H18FNOS. The lowest BCUT2D eigenvalue weighted by atomic mass is 10.1. The predicted molar refractivity (Wildman–Crippen MR) is 87.3 cm³/mol. The summed E-state index contributed by atoms with van der Waals surface area (Å²) in [5, 5.41) is 0. The molecule has 0 heterocycles. The van der Waals surface area contributed by atoms with Gasteiger partial charge in [-0.15, -0.1) is 0 Å². The van der Waals surface area contributed by atoms with Crippen LogP contribution in [0.15, 0.2) is 30.3 Å². The molecule has 0 aliphatic carbocycles. The molecule has 2 nitrogen and oxygen atoms in total. The number of hydrogen-bond acceptors (Lipinski definition) is 2. The number of benzene rings is 2. The van der Waals surface area contributed by atoms with E-state index in [1.165, 1.54) is 0 Å². The molecule has 2 aromatic rings. The van der Waals surface area contributed by atoms with E-state index >= 15 is 0 Å². The highest BCUT2D eigenvalue weighted by Gasteiger charge is 2.12. The number of hydrogen-bond donors (Lipinski definition) is 1. The molecule has 0 saturated carbocycles. The molecule has 4 heteroatoms. The van der Waals surface area contributed by atoms with Crippen molar-refractivity contribution in [3.63, 3.8) is 0 Å². The zero-order valence-corrected chi connectivity index (χ0v) is 13.2. The largest absolute Gasteiger partial charge is 0.488 e. The van der Waals surface area contributed by atoms with E-state index in [1.54, 1.807) is 18.2 Å². The Morgan fingerprint density at radius 1 is 1.14 bits per heavy atom. The van der Waals surface area contributed by atoms with E-state index in [-0.39, 0.29) is 17.2 Å². The van der Waals surface area contributed by atoms with Gasteiger partial charge in [0.1, 0.15) is 23.2 Å². The van der Waals surface area contributed by atoms with Crippen molar-refractivity contribution in [1.29, 1.82) is 0 Å². The molecule has 0 spiro atoms. The van der Waals surface area contributed by atoms with Gasteiger partial charge in [-0.2, -0.15) is 0 Å². The second kappa shape index (κ2) is 6.22. The van der Waals surface area contributed by atoms with Crippen LogP contribution in [0.2, 0.25) is 0 Å². The van der Waals surface area contributed by atoms with Gasteiger partial charge in [-0.25, -0.2) is 4.39 Å². The van der Waals surface area contributed by atoms with Crippen molar-refractivity contribution in [2.75, 3.05) is 0 Å². The minimum absolute atomic E-state index is 0.0530. The van der Waals surface area contributed by atoms with Gasteiger partial charge in [0, 0.05) is 11.1 Å². The van der Waals surface area contributed by atoms with Crippen molar-refractivity contribution in [2.45, 2.75) is 27.4 Å². The Hall–Kier alpha value is -1.94. The molecule has 2 rings (SSSR count). The summed E-state index contributed by atoms with van der Waals surface area (Å²) in [4.78, 5) is 0.0530. The van der Waals surface area contributed by atoms with Gasteiger partial charge in [-0.05, 0) is 43.5 Å². The molecule has 0 atom stereocenters. The summed E-state index contributed by atoms with van der Waals surface area (Å²) in [6.07, 6.45) is 0. The minimum Gasteiger partial charge on any atom is -0.488 e. The van der Waals surface area contributed by atoms with Crippen molar-refractivity contribution in [3.05, 3.63) is 64.0 Å². The second-order valence-corrected chi connectivity index (χ2v) is 5.52. The summed E-state index contributed by atoms with van der Waals surface area (Å²) in [5.41, 5.74) is 9.46. The van der Waals surface area contributed by atoms with E-state index in [0.29, 0.717) is 5.56 Å². The van der Waals surface area contributed by atoms with E-state index in [4.69, 9.17) is 22.7 Å². The Morgan fingerprint density at radius 2 is 1.81 bits per heavy atom. The normalized spacial score (nSPS) is 10.5. The Bertz CT molecular complexity index is 697. The average molecular weight is 303 g/mol. The van der Waals surface area contributed by atoms with Crippen LogP contribution in [-0.4, -0.2) is 4.99 Å². The molecule has 0 radical (unpaired) electrons. The molecular weight excluding hydrogens is 285 g/mol. The van der Waals surface area contributed by atoms with E-state index < -0.39 is 5.82 Å². The highest BCUT2D eigenvalue weighted by molar-refractivity contribution is 7.80. The number of rotatable bonds is 4. The molecule has 0 aliphatic heterocycles. The number of nitrogens with two attached hydrogens (primary N) is 1. The first kappa shape index (κ1) is 15.4. The first-order valence-corrected chi connectivity index (χ1v) is 7.09. The van der Waals surface area contributed by atoms with Crippen LogP contribution in [-0.2, 0) is 6.61 Å². The number of thiocarbonyl (C=S) groups is 1. The van der Waals surface area contributed by atoms with E-state index in [2.05, 4.69) is 0 Å². The quantitative estimate of drug-likeness (QED) is 0.868. The summed E-state index contributed by atoms with van der Waals surface area (Å²) in [6.45, 7) is 6.14. The fourth-order valence-electron chi connectivity index (χ4n) is 2.18. The first-order chi connectivity index (χ1) is 9.91. The fourth-order valence-corrected chi connectivity index (χ4v) is 2.34. The van der Waals surface area contributed by atoms with Crippen molar-refractivity contribution >= 4 is 17.2 Å². The van der Waals surface area contributed by atoms with Crippen LogP contribution in [0.4, 0.5) is 4.39 Å². The molecule has 0 fully saturated rings. The van der Waals surface area contributed by atoms with Crippen LogP contribution in [0, 0.1) is 26.6 Å². The Balaban J connectivity index is 2.27. The molecule has 0 unspecified atom stereocenters. The predicted octanol–water partition coefficient (Wildman–Crippen LogP) is 3.96. The van der Waals surface area contributed by atoms with Crippen molar-refractivity contribution in [1.82, 2.24) is 0 Å². The zero-order chi connectivity index (χ0) is 15.6. The maximum Gasteiger partial charge on any atom is 0.139 e. The van der Waals surface area contributed by atoms with Crippen molar-refractivity contribution in [3.8, 4) is 5.75 Å². The maximum atomic E-state index is 14.3. The molecule has 0 bridgehead atoms. The van der Waals surface area contributed by atoms with Crippen LogP contribution in [0.3, 0.4) is 0 Å². The van der Waals surface area contributed by atoms with Gasteiger partial charge >= 0.3 is 0 Å². The van der Waals surface area contributed by atoms with Gasteiger partial charge in [-0.1, -0.05) is 36.5 Å². The molecule has 110 valence electrons. The van der Waals surface area contributed by atoms with E-state index in [0.717, 1.165) is 22.4 Å². The summed E-state index contributed by atoms with van der Waals surface area (Å²) >= 11 is 4.84. The van der Waals surface area contributed by atoms with Crippen molar-refractivity contribution < 1.29 is 9.13 Å². The van der Waals surface area contributed by atoms with E-state index in [9.17, 15) is 4.39 Å². The summed E-state index contributed by atoms with van der Waals surface area (Å²) in [6, 6.07) is 9.03. The number of aryl methyl sites for hydroxylation is 2. The summed E-state index contributed by atoms with van der Waals surface area (Å²) in [7, 11) is 0. The van der Waals surface area contributed by atoms with Crippen LogP contribution in [0.5, 0.6) is 5.75 Å². The smallest absolute Gasteiger partial charge is 0.139 e. The SMILES string of the molecule is Cc1ccc(C)c(OCc2cccc(C(N)=S)c2F)c1C. The summed E-state index contributed by atoms with van der Waals surface area (Å²) < 4.78 is 20.1. The van der Waals surface area contributed by atoms with Gasteiger partial charge in [0.05, 0.1) is 0 Å². The molecule has 0 saturated heterocycles. The first-order valence-electron chi connectivity index (χ1n) is 6.68. The van der Waals surface area contributed by atoms with Gasteiger partial charge in [-0.3, -0.25) is 0 Å². The van der Waals surface area contributed by atoms with Gasteiger partial charge in [0.25, 0.3) is 0 Å². The number of ether oxygens (including phenoxy) is 1. The Kier molecular flexibility index (Phi) is 4.58. The van der Waals surface area contributed by atoms with E-state index in [1.807, 2.05) is 32.9 Å². The van der Waals surface area contributed by atoms with Crippen molar-refractivity contribution in [2.24, 2.45) is 5.73 Å². The third-order valence-electron chi connectivity index (χ3n) is 3.59. The third kappa shape index (κ3) is 3.22. The maximum absolute atomic E-state index is 14.3. The third-order valence-corrected chi connectivity index (χ3v) is 3.81. The van der Waals surface area contributed by atoms with Gasteiger partial charge in [0.2, 0.25) is 0 Å². The second-order valence-electron chi connectivity index (χ2n) is 5.09. The molecule has 21 heavy (non-hydrogen) atoms. The molecule has 0 aliphatic rings. The van der Waals surface area contributed by atoms with Crippen LogP contribution < -0.4 is 10.5 Å². The van der Waals surface area contributed by atoms with Gasteiger partial charge < -0.3 is 10.5 Å². The lowest BCUT2D eigenvalue weighted by Gasteiger charge is -2.15. The molecule has 2 aromatic carbocycles. The highest BCUT2D eigenvalue weighted by atomic mass is 32.1. The standard InChI is InChI=1S/C17H18FNOS/c1-10-7-8-11(2)16(12(10)3)20-9-13-5-4-6-14(15(13)18)17(19)21/h4-8H,9H2,1-3H3,(H2,19,21). The fraction of sp³-hybridized carbons (Fsp3) is 0.235. The Morgan fingerprint density at radius 3 is 2.48 bits per heavy atom. The summed E-state index contributed by atoms with van der Waals surface area (Å²) in [5.74, 6) is 0.392. The van der Waals surface area contributed by atoms with Crippen LogP contribution in [0.1, 0.15) is 27.8 Å². The average Bonchev–Trinajstić information content (AvgIpc) is 2.44. The monoisotopic (exact) mass is 303 g/mol. The highest BCUT2D eigenvalue weighted by Crippen LogP contribution is 2.27. The lowest BCUT2D eigenvalue weighted by molar-refractivity contribution is 0.295. The lowest BCUT2D eigenvalue weighted by Crippen LogP contribution is -2.13. The van der Waals surface area contributed by atoms with Crippen LogP contribution >= 0.6 is 12.2 Å². The molecule has 2 N–H and O–H groups in total. The van der Waals surface area contributed by atoms with Crippen LogP contribution in [0.25, 0.3) is 0 Å². The number of halogens is 1. The molecule has 0 amide bonds. The van der Waals surface area contributed by atoms with Gasteiger partial charge in [0.15, 0.2) is 0 Å². The molecule has 0 aromatic heterocycles. The zero-order valence-electron chi connectivity index (χ0n) is 12.4. The Labute approximate surface area is 129 Å². The topological polar surface area (TPSA) is 35.2 Å². The minimum atomic E-state index is -0.409.